The third kappa shape index (κ3) is 2.76. The van der Waals surface area contributed by atoms with Crippen LogP contribution in [-0.4, -0.2) is 34.9 Å². The number of carboxylic acid groups (broad SMARTS) is 1. The van der Waals surface area contributed by atoms with Crippen LogP contribution in [0.4, 0.5) is 18.0 Å². The van der Waals surface area contributed by atoms with E-state index in [1.807, 2.05) is 0 Å². The molecule has 0 aliphatic rings. The van der Waals surface area contributed by atoms with E-state index in [1.54, 1.807) is 0 Å². The number of alkyl halides is 3. The zero-order chi connectivity index (χ0) is 15.4. The molecule has 1 amide bonds. The summed E-state index contributed by atoms with van der Waals surface area (Å²) in [7, 11) is 0. The Balaban J connectivity index is 3.23. The lowest BCUT2D eigenvalue weighted by Gasteiger charge is -2.31. The number of aromatic nitrogens is 1. The molecule has 1 heterocycles. The highest BCUT2D eigenvalue weighted by atomic mass is 19.4. The Bertz CT molecular complexity index is 498. The highest BCUT2D eigenvalue weighted by molar-refractivity contribution is 5.86. The molecule has 0 spiro atoms. The molecule has 0 bridgehead atoms. The molecule has 1 atom stereocenters. The zero-order valence-electron chi connectivity index (χ0n) is 10.0. The first kappa shape index (κ1) is 15.6. The number of carbonyl (C=O) groups is 2. The molecule has 6 nitrogen and oxygen atoms in total. The van der Waals surface area contributed by atoms with Gasteiger partial charge in [0.2, 0.25) is 0 Å². The lowest BCUT2D eigenvalue weighted by molar-refractivity contribution is -0.212. The molecule has 9 heteroatoms. The number of aromatic amines is 1. The maximum atomic E-state index is 13.2. The summed E-state index contributed by atoms with van der Waals surface area (Å²) in [6.45, 7) is 2.86. The summed E-state index contributed by atoms with van der Waals surface area (Å²) in [5.41, 5.74) is -4.36. The van der Waals surface area contributed by atoms with Crippen LogP contribution >= 0.6 is 0 Å². The molecule has 0 fully saturated rings. The Labute approximate surface area is 111 Å². The van der Waals surface area contributed by atoms with Gasteiger partial charge < -0.3 is 14.8 Å². The summed E-state index contributed by atoms with van der Waals surface area (Å²) in [6.07, 6.45) is -4.57. The Morgan fingerprint density at radius 3 is 2.55 bits per heavy atom. The third-order valence-electron chi connectivity index (χ3n) is 2.37. The molecule has 0 saturated carbocycles. The number of halogens is 3. The summed E-state index contributed by atoms with van der Waals surface area (Å²) < 4.78 is 43.9. The van der Waals surface area contributed by atoms with Crippen molar-refractivity contribution >= 4 is 12.1 Å². The van der Waals surface area contributed by atoms with Gasteiger partial charge in [0.05, 0.1) is 5.69 Å². The molecule has 1 aromatic heterocycles. The lowest BCUT2D eigenvalue weighted by Crippen LogP contribution is -2.61. The second-order valence-corrected chi connectivity index (χ2v) is 3.65. The van der Waals surface area contributed by atoms with Gasteiger partial charge in [0, 0.05) is 6.20 Å². The number of rotatable bonds is 5. The molecular weight excluding hydrogens is 281 g/mol. The predicted octanol–water partition coefficient (Wildman–Crippen LogP) is 1.77. The van der Waals surface area contributed by atoms with Crippen molar-refractivity contribution in [2.45, 2.75) is 11.7 Å². The second kappa shape index (κ2) is 5.68. The lowest BCUT2D eigenvalue weighted by atomic mass is 9.94. The third-order valence-corrected chi connectivity index (χ3v) is 2.37. The van der Waals surface area contributed by atoms with Crippen LogP contribution in [0.1, 0.15) is 5.69 Å². The van der Waals surface area contributed by atoms with Gasteiger partial charge in [-0.1, -0.05) is 12.7 Å². The second-order valence-electron chi connectivity index (χ2n) is 3.65. The number of carboxylic acids is 1. The van der Waals surface area contributed by atoms with Crippen LogP contribution in [0.25, 0.3) is 0 Å². The van der Waals surface area contributed by atoms with Gasteiger partial charge in [0.1, 0.15) is 6.61 Å². The maximum Gasteiger partial charge on any atom is 0.428 e. The molecule has 0 saturated heterocycles. The van der Waals surface area contributed by atoms with E-state index in [4.69, 9.17) is 5.11 Å². The fraction of sp³-hybridized carbons (Fsp3) is 0.273. The van der Waals surface area contributed by atoms with Gasteiger partial charge in [-0.3, -0.25) is 5.32 Å². The molecule has 1 rings (SSSR count). The van der Waals surface area contributed by atoms with E-state index in [-0.39, 0.29) is 6.61 Å². The number of hydrogen-bond acceptors (Lipinski definition) is 3. The van der Waals surface area contributed by atoms with Crippen LogP contribution in [0.3, 0.4) is 0 Å². The summed E-state index contributed by atoms with van der Waals surface area (Å²) in [5.74, 6) is -2.29. The van der Waals surface area contributed by atoms with Crippen molar-refractivity contribution in [1.82, 2.24) is 10.3 Å². The average molecular weight is 292 g/mol. The molecular formula is C11H11F3N2O4. The van der Waals surface area contributed by atoms with E-state index in [0.29, 0.717) is 0 Å². The molecule has 0 aliphatic heterocycles. The molecule has 0 aliphatic carbocycles. The van der Waals surface area contributed by atoms with E-state index >= 15 is 0 Å². The number of H-pyrrole nitrogens is 1. The number of ether oxygens (including phenoxy) is 1. The van der Waals surface area contributed by atoms with Crippen molar-refractivity contribution in [3.05, 3.63) is 36.7 Å². The fourth-order valence-corrected chi connectivity index (χ4v) is 1.47. The minimum atomic E-state index is -5.28. The highest BCUT2D eigenvalue weighted by Crippen LogP contribution is 2.38. The van der Waals surface area contributed by atoms with Gasteiger partial charge >= 0.3 is 18.2 Å². The number of carbonyl (C=O) groups excluding carboxylic acids is 1. The Kier molecular flexibility index (Phi) is 4.43. The van der Waals surface area contributed by atoms with Gasteiger partial charge in [0.25, 0.3) is 5.54 Å². The summed E-state index contributed by atoms with van der Waals surface area (Å²) in [6, 6.07) is 2.07. The average Bonchev–Trinajstić information content (AvgIpc) is 2.85. The fourth-order valence-electron chi connectivity index (χ4n) is 1.47. The van der Waals surface area contributed by atoms with E-state index in [0.717, 1.165) is 18.3 Å². The van der Waals surface area contributed by atoms with E-state index in [2.05, 4.69) is 16.3 Å². The van der Waals surface area contributed by atoms with Gasteiger partial charge in [-0.05, 0) is 12.1 Å². The minimum Gasteiger partial charge on any atom is -0.479 e. The van der Waals surface area contributed by atoms with Crippen LogP contribution in [-0.2, 0) is 15.1 Å². The number of nitrogens with one attached hydrogen (secondary N) is 2. The van der Waals surface area contributed by atoms with Gasteiger partial charge in [-0.15, -0.1) is 0 Å². The molecule has 110 valence electrons. The van der Waals surface area contributed by atoms with Crippen LogP contribution < -0.4 is 5.32 Å². The maximum absolute atomic E-state index is 13.2. The number of amides is 1. The Hall–Kier alpha value is -2.45. The number of alkyl carbamates (subject to hydrolysis) is 1. The van der Waals surface area contributed by atoms with E-state index in [9.17, 15) is 22.8 Å². The highest BCUT2D eigenvalue weighted by Gasteiger charge is 2.64. The Morgan fingerprint density at radius 1 is 1.50 bits per heavy atom. The van der Waals surface area contributed by atoms with E-state index < -0.39 is 29.5 Å². The first-order valence-electron chi connectivity index (χ1n) is 5.25. The van der Waals surface area contributed by atoms with E-state index in [1.165, 1.54) is 11.4 Å². The van der Waals surface area contributed by atoms with Crippen LogP contribution in [0.2, 0.25) is 0 Å². The van der Waals surface area contributed by atoms with Crippen molar-refractivity contribution in [3.63, 3.8) is 0 Å². The number of hydrogen-bond donors (Lipinski definition) is 3. The molecule has 3 N–H and O–H groups in total. The minimum absolute atomic E-state index is 0.357. The largest absolute Gasteiger partial charge is 0.479 e. The predicted molar refractivity (Wildman–Crippen MR) is 60.8 cm³/mol. The molecule has 20 heavy (non-hydrogen) atoms. The van der Waals surface area contributed by atoms with Gasteiger partial charge in [-0.2, -0.15) is 13.2 Å². The molecule has 0 aromatic carbocycles. The van der Waals surface area contributed by atoms with Gasteiger partial charge in [0.15, 0.2) is 0 Å². The SMILES string of the molecule is C=CCOC(=O)NC(C(=O)O)(c1ccc[nH]1)C(F)(F)F. The summed E-state index contributed by atoms with van der Waals surface area (Å²) in [5, 5.41) is 10.3. The van der Waals surface area contributed by atoms with Crippen LogP contribution in [0.5, 0.6) is 0 Å². The van der Waals surface area contributed by atoms with Crippen molar-refractivity contribution in [2.24, 2.45) is 0 Å². The zero-order valence-corrected chi connectivity index (χ0v) is 10.0. The quantitative estimate of drug-likeness (QED) is 0.721. The molecule has 0 radical (unpaired) electrons. The molecule has 1 unspecified atom stereocenters. The first-order valence-corrected chi connectivity index (χ1v) is 5.25. The van der Waals surface area contributed by atoms with Crippen molar-refractivity contribution in [2.75, 3.05) is 6.61 Å². The topological polar surface area (TPSA) is 91.4 Å². The Morgan fingerprint density at radius 2 is 2.15 bits per heavy atom. The van der Waals surface area contributed by atoms with Crippen LogP contribution in [0, 0.1) is 0 Å². The van der Waals surface area contributed by atoms with Crippen molar-refractivity contribution < 1.29 is 32.6 Å². The van der Waals surface area contributed by atoms with Crippen LogP contribution in [0.15, 0.2) is 31.0 Å². The summed E-state index contributed by atoms with van der Waals surface area (Å²) in [4.78, 5) is 24.6. The normalized spacial score (nSPS) is 14.2. The van der Waals surface area contributed by atoms with Crippen molar-refractivity contribution in [3.8, 4) is 0 Å². The number of aliphatic carboxylic acids is 1. The van der Waals surface area contributed by atoms with Crippen molar-refractivity contribution in [1.29, 1.82) is 0 Å². The van der Waals surface area contributed by atoms with Gasteiger partial charge in [-0.25, -0.2) is 9.59 Å². The summed E-state index contributed by atoms with van der Waals surface area (Å²) >= 11 is 0. The monoisotopic (exact) mass is 292 g/mol. The molecule has 1 aromatic rings. The smallest absolute Gasteiger partial charge is 0.428 e. The first-order chi connectivity index (χ1) is 9.25. The standard InChI is InChI=1S/C11H11F3N2O4/c1-2-6-20-9(19)16-10(8(17)18,11(12,13)14)7-4-3-5-15-7/h2-5,15H,1,6H2,(H,16,19)(H,17,18).